The van der Waals surface area contributed by atoms with Crippen molar-refractivity contribution in [1.82, 2.24) is 0 Å². The second-order valence-electron chi connectivity index (χ2n) is 12.9. The number of hydrogen-bond donors (Lipinski definition) is 0. The maximum absolute atomic E-state index is 4.61. The lowest BCUT2D eigenvalue weighted by Crippen LogP contribution is -2.21. The van der Waals surface area contributed by atoms with E-state index in [0.717, 1.165) is 31.1 Å². The van der Waals surface area contributed by atoms with Crippen LogP contribution in [0.2, 0.25) is 0 Å². The van der Waals surface area contributed by atoms with Gasteiger partial charge in [0.15, 0.2) is 0 Å². The van der Waals surface area contributed by atoms with E-state index in [2.05, 4.69) is 91.7 Å². The largest absolute Gasteiger partial charge is 0.103 e. The third kappa shape index (κ3) is 14.2. The van der Waals surface area contributed by atoms with Gasteiger partial charge in [0.2, 0.25) is 0 Å². The number of hydrogen-bond acceptors (Lipinski definition) is 0. The minimum absolute atomic E-state index is 0.387. The van der Waals surface area contributed by atoms with Gasteiger partial charge in [-0.05, 0) is 106 Å². The standard InChI is InChI=1S/C37H62/c1-10-13-16-22-34(21-14-11-2)23-19-20-26-37(8,9)29-33(12-3)28-36(30(4)5)27-31(6)32(7)35-24-17-15-18-25-35/h10-11,14,16,21-22,32-33,35-36H,1,4,6,12-13,15,17-20,23-29H2,2-3,5,7-9H3/b14-11-,22-16+,34-21+. The van der Waals surface area contributed by atoms with E-state index in [-0.39, 0.29) is 0 Å². The fourth-order valence-electron chi connectivity index (χ4n) is 6.30. The summed E-state index contributed by atoms with van der Waals surface area (Å²) >= 11 is 0. The topological polar surface area (TPSA) is 0 Å². The summed E-state index contributed by atoms with van der Waals surface area (Å²) in [6, 6.07) is 0. The Kier molecular flexibility index (Phi) is 16.9. The minimum atomic E-state index is 0.387. The van der Waals surface area contributed by atoms with Crippen LogP contribution in [0.1, 0.15) is 131 Å². The van der Waals surface area contributed by atoms with E-state index in [4.69, 9.17) is 0 Å². The van der Waals surface area contributed by atoms with Gasteiger partial charge in [0.05, 0.1) is 0 Å². The molecule has 0 N–H and O–H groups in total. The molecule has 3 atom stereocenters. The average molecular weight is 507 g/mol. The van der Waals surface area contributed by atoms with Crippen molar-refractivity contribution in [2.45, 2.75) is 131 Å². The van der Waals surface area contributed by atoms with Gasteiger partial charge in [-0.2, -0.15) is 0 Å². The van der Waals surface area contributed by atoms with Crippen LogP contribution in [0.4, 0.5) is 0 Å². The van der Waals surface area contributed by atoms with Crippen LogP contribution in [-0.2, 0) is 0 Å². The van der Waals surface area contributed by atoms with Crippen LogP contribution in [0.5, 0.6) is 0 Å². The number of unbranched alkanes of at least 4 members (excludes halogenated alkanes) is 1. The van der Waals surface area contributed by atoms with Gasteiger partial charge in [0.1, 0.15) is 0 Å². The van der Waals surface area contributed by atoms with Crippen LogP contribution in [0.15, 0.2) is 72.9 Å². The predicted molar refractivity (Wildman–Crippen MR) is 170 cm³/mol. The molecular formula is C37H62. The molecule has 0 amide bonds. The van der Waals surface area contributed by atoms with Crippen molar-refractivity contribution in [3.05, 3.63) is 72.9 Å². The molecule has 0 aromatic heterocycles. The molecule has 1 aliphatic carbocycles. The minimum Gasteiger partial charge on any atom is -0.103 e. The molecule has 0 aromatic carbocycles. The third-order valence-corrected chi connectivity index (χ3v) is 8.95. The van der Waals surface area contributed by atoms with Crippen molar-refractivity contribution >= 4 is 0 Å². The molecule has 210 valence electrons. The summed E-state index contributed by atoms with van der Waals surface area (Å²) < 4.78 is 0. The fraction of sp³-hybridized carbons (Fsp3) is 0.676. The quantitative estimate of drug-likeness (QED) is 0.0928. The van der Waals surface area contributed by atoms with Crippen molar-refractivity contribution in [3.63, 3.8) is 0 Å². The molecular weight excluding hydrogens is 444 g/mol. The van der Waals surface area contributed by atoms with E-state index >= 15 is 0 Å². The smallest absolute Gasteiger partial charge is 0.0169 e. The SMILES string of the molecule is C=CC/C=C/C(=C\C=C/C)CCCCC(C)(C)CC(CC)CC(CC(=C)C(C)C1CCCCC1)C(=C)C. The summed E-state index contributed by atoms with van der Waals surface area (Å²) in [5.41, 5.74) is 4.66. The first kappa shape index (κ1) is 33.5. The summed E-state index contributed by atoms with van der Waals surface area (Å²) in [5, 5.41) is 0. The number of allylic oxidation sites excluding steroid dienone is 9. The molecule has 0 bridgehead atoms. The highest BCUT2D eigenvalue weighted by Crippen LogP contribution is 2.40. The molecule has 0 nitrogen and oxygen atoms in total. The molecule has 0 heterocycles. The van der Waals surface area contributed by atoms with E-state index in [1.165, 1.54) is 87.3 Å². The van der Waals surface area contributed by atoms with Gasteiger partial charge in [0, 0.05) is 0 Å². The van der Waals surface area contributed by atoms with Gasteiger partial charge in [0.25, 0.3) is 0 Å². The lowest BCUT2D eigenvalue weighted by atomic mass is 9.72. The Hall–Kier alpha value is -1.56. The van der Waals surface area contributed by atoms with Crippen LogP contribution in [0, 0.1) is 29.1 Å². The molecule has 0 aliphatic heterocycles. The van der Waals surface area contributed by atoms with Crippen molar-refractivity contribution < 1.29 is 0 Å². The van der Waals surface area contributed by atoms with Crippen LogP contribution < -0.4 is 0 Å². The Morgan fingerprint density at radius 2 is 1.78 bits per heavy atom. The first-order valence-electron chi connectivity index (χ1n) is 15.6. The van der Waals surface area contributed by atoms with Crippen molar-refractivity contribution in [2.75, 3.05) is 0 Å². The molecule has 0 aromatic rings. The Morgan fingerprint density at radius 1 is 1.08 bits per heavy atom. The summed E-state index contributed by atoms with van der Waals surface area (Å²) in [7, 11) is 0. The zero-order valence-corrected chi connectivity index (χ0v) is 25.8. The van der Waals surface area contributed by atoms with E-state index < -0.39 is 0 Å². The van der Waals surface area contributed by atoms with Gasteiger partial charge >= 0.3 is 0 Å². The maximum Gasteiger partial charge on any atom is -0.0169 e. The molecule has 0 saturated heterocycles. The first-order valence-corrected chi connectivity index (χ1v) is 15.6. The van der Waals surface area contributed by atoms with Crippen molar-refractivity contribution in [2.24, 2.45) is 29.1 Å². The van der Waals surface area contributed by atoms with E-state index in [9.17, 15) is 0 Å². The predicted octanol–water partition coefficient (Wildman–Crippen LogP) is 12.4. The lowest BCUT2D eigenvalue weighted by Gasteiger charge is -2.34. The van der Waals surface area contributed by atoms with E-state index in [1.54, 1.807) is 0 Å². The zero-order valence-electron chi connectivity index (χ0n) is 25.8. The molecule has 37 heavy (non-hydrogen) atoms. The van der Waals surface area contributed by atoms with Gasteiger partial charge in [-0.3, -0.25) is 0 Å². The van der Waals surface area contributed by atoms with Crippen molar-refractivity contribution in [1.29, 1.82) is 0 Å². The summed E-state index contributed by atoms with van der Waals surface area (Å²) in [6.07, 6.45) is 31.0. The number of rotatable bonds is 19. The van der Waals surface area contributed by atoms with Gasteiger partial charge in [-0.25, -0.2) is 0 Å². The lowest BCUT2D eigenvalue weighted by molar-refractivity contribution is 0.213. The highest BCUT2D eigenvalue weighted by molar-refractivity contribution is 5.24. The molecule has 0 radical (unpaired) electrons. The Morgan fingerprint density at radius 3 is 2.38 bits per heavy atom. The molecule has 0 spiro atoms. The second-order valence-corrected chi connectivity index (χ2v) is 12.9. The fourth-order valence-corrected chi connectivity index (χ4v) is 6.30. The highest BCUT2D eigenvalue weighted by atomic mass is 14.3. The Labute approximate surface area is 233 Å². The van der Waals surface area contributed by atoms with Crippen molar-refractivity contribution in [3.8, 4) is 0 Å². The summed E-state index contributed by atoms with van der Waals surface area (Å²) in [5.74, 6) is 2.87. The van der Waals surface area contributed by atoms with E-state index in [0.29, 0.717) is 17.3 Å². The average Bonchev–Trinajstić information content (AvgIpc) is 2.88. The third-order valence-electron chi connectivity index (χ3n) is 8.95. The molecule has 1 rings (SSSR count). The summed E-state index contributed by atoms with van der Waals surface area (Å²) in [4.78, 5) is 0. The molecule has 1 saturated carbocycles. The highest BCUT2D eigenvalue weighted by Gasteiger charge is 2.27. The second kappa shape index (κ2) is 18.7. The molecule has 0 heteroatoms. The van der Waals surface area contributed by atoms with Gasteiger partial charge in [-0.15, -0.1) is 6.58 Å². The first-order chi connectivity index (χ1) is 17.6. The Balaban J connectivity index is 2.61. The molecule has 3 unspecified atom stereocenters. The zero-order chi connectivity index (χ0) is 27.7. The monoisotopic (exact) mass is 506 g/mol. The Bertz CT molecular complexity index is 749. The van der Waals surface area contributed by atoms with E-state index in [1.807, 2.05) is 6.08 Å². The molecule has 1 aliphatic rings. The van der Waals surface area contributed by atoms with Crippen LogP contribution in [0.3, 0.4) is 0 Å². The van der Waals surface area contributed by atoms with Crippen LogP contribution in [-0.4, -0.2) is 0 Å². The summed E-state index contributed by atoms with van der Waals surface area (Å²) in [6.45, 7) is 27.0. The van der Waals surface area contributed by atoms with Crippen LogP contribution >= 0.6 is 0 Å². The van der Waals surface area contributed by atoms with Crippen LogP contribution in [0.25, 0.3) is 0 Å². The molecule has 1 fully saturated rings. The maximum atomic E-state index is 4.61. The van der Waals surface area contributed by atoms with Gasteiger partial charge < -0.3 is 0 Å². The van der Waals surface area contributed by atoms with Gasteiger partial charge in [-0.1, -0.05) is 121 Å². The normalized spacial score (nSPS) is 18.3.